The number of pyridine rings is 1. The van der Waals surface area contributed by atoms with Crippen LogP contribution in [0.1, 0.15) is 33.1 Å². The lowest BCUT2D eigenvalue weighted by atomic mass is 9.83. The Morgan fingerprint density at radius 2 is 1.78 bits per heavy atom. The molecule has 10 heteroatoms. The summed E-state index contributed by atoms with van der Waals surface area (Å²) in [4.78, 5) is 42.3. The second kappa shape index (κ2) is 9.99. The van der Waals surface area contributed by atoms with E-state index in [0.29, 0.717) is 49.0 Å². The van der Waals surface area contributed by atoms with Crippen molar-refractivity contribution in [1.29, 1.82) is 5.26 Å². The summed E-state index contributed by atoms with van der Waals surface area (Å²) in [6, 6.07) is 4.41. The quantitative estimate of drug-likeness (QED) is 0.463. The standard InChI is InChI=1S/C26H33N7O3/c1-26(2,25(35)32-12-10-30(11-13-32)19-16-36-17-19)23(33-18-29-21-15-28-7-6-22(21)33)20(14-27)24(34)31-8-4-3-5-9-31/h6-7,15,18-19H,3-5,8-13,16-17H2,1-2H3. The van der Waals surface area contributed by atoms with Gasteiger partial charge in [0.1, 0.15) is 23.5 Å². The average molecular weight is 492 g/mol. The Balaban J connectivity index is 1.53. The topological polar surface area (TPSA) is 108 Å². The lowest BCUT2D eigenvalue weighted by Gasteiger charge is -2.44. The molecule has 2 aromatic heterocycles. The molecule has 0 atom stereocenters. The van der Waals surface area contributed by atoms with Crippen molar-refractivity contribution >= 4 is 28.5 Å². The fourth-order valence-corrected chi connectivity index (χ4v) is 5.45. The fraction of sp³-hybridized carbons (Fsp3) is 0.577. The van der Waals surface area contributed by atoms with Gasteiger partial charge in [-0.25, -0.2) is 4.98 Å². The van der Waals surface area contributed by atoms with E-state index in [2.05, 4.69) is 20.9 Å². The number of piperidine rings is 1. The highest BCUT2D eigenvalue weighted by atomic mass is 16.5. The van der Waals surface area contributed by atoms with Crippen LogP contribution in [0.5, 0.6) is 0 Å². The van der Waals surface area contributed by atoms with E-state index in [1.54, 1.807) is 34.3 Å². The summed E-state index contributed by atoms with van der Waals surface area (Å²) in [5.41, 5.74) is 0.563. The van der Waals surface area contributed by atoms with Gasteiger partial charge in [-0.2, -0.15) is 5.26 Å². The van der Waals surface area contributed by atoms with Gasteiger partial charge in [0.2, 0.25) is 5.91 Å². The van der Waals surface area contributed by atoms with Crippen molar-refractivity contribution in [1.82, 2.24) is 29.2 Å². The second-order valence-corrected chi connectivity index (χ2v) is 10.3. The summed E-state index contributed by atoms with van der Waals surface area (Å²) < 4.78 is 7.06. The number of nitriles is 1. The van der Waals surface area contributed by atoms with Crippen molar-refractivity contribution in [2.45, 2.75) is 39.2 Å². The molecule has 0 spiro atoms. The SMILES string of the molecule is CC(C)(C(=O)N1CCN(C2COC2)CC1)C(=C(C#N)C(=O)N1CCCCC1)n1cnc2cnccc21. The zero-order chi connectivity index (χ0) is 25.3. The van der Waals surface area contributed by atoms with Crippen molar-refractivity contribution in [3.8, 4) is 6.07 Å². The molecule has 3 fully saturated rings. The van der Waals surface area contributed by atoms with Gasteiger partial charge >= 0.3 is 0 Å². The van der Waals surface area contributed by atoms with Crippen LogP contribution in [0.25, 0.3) is 16.7 Å². The van der Waals surface area contributed by atoms with E-state index < -0.39 is 5.41 Å². The van der Waals surface area contributed by atoms with Gasteiger partial charge in [0.05, 0.1) is 42.1 Å². The molecule has 36 heavy (non-hydrogen) atoms. The number of rotatable bonds is 5. The number of ether oxygens (including phenoxy) is 1. The minimum Gasteiger partial charge on any atom is -0.378 e. The maximum atomic E-state index is 14.0. The van der Waals surface area contributed by atoms with E-state index in [1.165, 1.54) is 0 Å². The number of imidazole rings is 1. The number of piperazine rings is 1. The van der Waals surface area contributed by atoms with E-state index in [-0.39, 0.29) is 17.4 Å². The number of amides is 2. The third-order valence-corrected chi connectivity index (χ3v) is 7.66. The molecule has 3 aliphatic heterocycles. The van der Waals surface area contributed by atoms with Gasteiger partial charge in [-0.05, 0) is 39.2 Å². The number of nitrogens with zero attached hydrogens (tertiary/aromatic N) is 7. The lowest BCUT2D eigenvalue weighted by molar-refractivity contribution is -0.141. The molecule has 10 nitrogen and oxygen atoms in total. The maximum Gasteiger partial charge on any atom is 0.266 e. The summed E-state index contributed by atoms with van der Waals surface area (Å²) in [6.07, 6.45) is 7.78. The molecule has 0 aromatic carbocycles. The Kier molecular flexibility index (Phi) is 6.77. The number of carbonyl (C=O) groups is 2. The molecule has 0 bridgehead atoms. The highest BCUT2D eigenvalue weighted by molar-refractivity contribution is 6.07. The van der Waals surface area contributed by atoms with Gasteiger partial charge in [0, 0.05) is 45.5 Å². The predicted molar refractivity (Wildman–Crippen MR) is 133 cm³/mol. The molecule has 0 N–H and O–H groups in total. The molecule has 2 aromatic rings. The number of hydrogen-bond acceptors (Lipinski definition) is 7. The predicted octanol–water partition coefficient (Wildman–Crippen LogP) is 1.75. The molecular formula is C26H33N7O3. The van der Waals surface area contributed by atoms with E-state index >= 15 is 0 Å². The molecule has 5 heterocycles. The number of aromatic nitrogens is 3. The van der Waals surface area contributed by atoms with Crippen LogP contribution in [0.2, 0.25) is 0 Å². The number of hydrogen-bond donors (Lipinski definition) is 0. The van der Waals surface area contributed by atoms with E-state index in [0.717, 1.165) is 45.6 Å². The highest BCUT2D eigenvalue weighted by Gasteiger charge is 2.42. The second-order valence-electron chi connectivity index (χ2n) is 10.3. The van der Waals surface area contributed by atoms with Gasteiger partial charge in [0.15, 0.2) is 0 Å². The smallest absolute Gasteiger partial charge is 0.266 e. The van der Waals surface area contributed by atoms with Crippen LogP contribution in [0.4, 0.5) is 0 Å². The van der Waals surface area contributed by atoms with Gasteiger partial charge < -0.3 is 14.5 Å². The normalized spacial score (nSPS) is 20.6. The molecule has 0 unspecified atom stereocenters. The lowest BCUT2D eigenvalue weighted by Crippen LogP contribution is -2.58. The Bertz CT molecular complexity index is 1210. The van der Waals surface area contributed by atoms with E-state index in [1.807, 2.05) is 18.7 Å². The third-order valence-electron chi connectivity index (χ3n) is 7.66. The van der Waals surface area contributed by atoms with Crippen molar-refractivity contribution < 1.29 is 14.3 Å². The zero-order valence-electron chi connectivity index (χ0n) is 21.0. The first-order valence-electron chi connectivity index (χ1n) is 12.7. The van der Waals surface area contributed by atoms with Crippen LogP contribution in [-0.4, -0.2) is 99.6 Å². The first-order valence-corrected chi connectivity index (χ1v) is 12.7. The number of carbonyl (C=O) groups excluding carboxylic acids is 2. The Morgan fingerprint density at radius 3 is 2.42 bits per heavy atom. The monoisotopic (exact) mass is 491 g/mol. The number of likely N-dealkylation sites (tertiary alicyclic amines) is 1. The van der Waals surface area contributed by atoms with Crippen LogP contribution >= 0.6 is 0 Å². The molecule has 0 aliphatic carbocycles. The Hall–Kier alpha value is -3.29. The third kappa shape index (κ3) is 4.38. The minimum absolute atomic E-state index is 0.00313. The van der Waals surface area contributed by atoms with Crippen molar-refractivity contribution in [2.75, 3.05) is 52.5 Å². The van der Waals surface area contributed by atoms with Gasteiger partial charge in [-0.15, -0.1) is 0 Å². The summed E-state index contributed by atoms with van der Waals surface area (Å²) in [5.74, 6) is -0.420. The van der Waals surface area contributed by atoms with E-state index in [9.17, 15) is 14.9 Å². The van der Waals surface area contributed by atoms with E-state index in [4.69, 9.17) is 4.74 Å². The first-order chi connectivity index (χ1) is 17.4. The summed E-state index contributed by atoms with van der Waals surface area (Å²) in [6.45, 7) is 9.12. The largest absolute Gasteiger partial charge is 0.378 e. The van der Waals surface area contributed by atoms with Crippen LogP contribution in [0, 0.1) is 16.7 Å². The fourth-order valence-electron chi connectivity index (χ4n) is 5.45. The molecule has 0 radical (unpaired) electrons. The minimum atomic E-state index is -1.14. The molecule has 0 saturated carbocycles. The maximum absolute atomic E-state index is 14.0. The van der Waals surface area contributed by atoms with Crippen LogP contribution in [-0.2, 0) is 14.3 Å². The van der Waals surface area contributed by atoms with Gasteiger partial charge in [0.25, 0.3) is 5.91 Å². The van der Waals surface area contributed by atoms with Crippen LogP contribution in [0.3, 0.4) is 0 Å². The molecule has 3 aliphatic rings. The molecule has 5 rings (SSSR count). The Labute approximate surface area is 211 Å². The summed E-state index contributed by atoms with van der Waals surface area (Å²) in [5, 5.41) is 10.3. The van der Waals surface area contributed by atoms with Crippen LogP contribution in [0.15, 0.2) is 30.4 Å². The van der Waals surface area contributed by atoms with Crippen molar-refractivity contribution in [2.24, 2.45) is 5.41 Å². The summed E-state index contributed by atoms with van der Waals surface area (Å²) in [7, 11) is 0. The highest BCUT2D eigenvalue weighted by Crippen LogP contribution is 2.38. The molecular weight excluding hydrogens is 458 g/mol. The molecule has 3 saturated heterocycles. The summed E-state index contributed by atoms with van der Waals surface area (Å²) >= 11 is 0. The van der Waals surface area contributed by atoms with Gasteiger partial charge in [-0.1, -0.05) is 0 Å². The number of fused-ring (bicyclic) bond motifs is 1. The Morgan fingerprint density at radius 1 is 1.06 bits per heavy atom. The van der Waals surface area contributed by atoms with Gasteiger partial charge in [-0.3, -0.25) is 24.0 Å². The zero-order valence-corrected chi connectivity index (χ0v) is 21.0. The molecule has 2 amide bonds. The average Bonchev–Trinajstić information content (AvgIpc) is 3.29. The van der Waals surface area contributed by atoms with Crippen molar-refractivity contribution in [3.05, 3.63) is 30.4 Å². The first kappa shape index (κ1) is 24.4. The molecule has 190 valence electrons. The van der Waals surface area contributed by atoms with Crippen LogP contribution < -0.4 is 0 Å². The van der Waals surface area contributed by atoms with Crippen molar-refractivity contribution in [3.63, 3.8) is 0 Å².